The summed E-state index contributed by atoms with van der Waals surface area (Å²) in [5.41, 5.74) is 3.55. The van der Waals surface area contributed by atoms with Crippen molar-refractivity contribution >= 4 is 11.6 Å². The van der Waals surface area contributed by atoms with Gasteiger partial charge in [-0.3, -0.25) is 5.84 Å². The van der Waals surface area contributed by atoms with E-state index in [1.54, 1.807) is 14.2 Å². The minimum absolute atomic E-state index is 0.131. The van der Waals surface area contributed by atoms with Crippen molar-refractivity contribution in [3.63, 3.8) is 0 Å². The Bertz CT molecular complexity index is 433. The van der Waals surface area contributed by atoms with Gasteiger partial charge in [0.1, 0.15) is 5.75 Å². The van der Waals surface area contributed by atoms with Gasteiger partial charge >= 0.3 is 0 Å². The molecule has 19 heavy (non-hydrogen) atoms. The lowest BCUT2D eigenvalue weighted by Gasteiger charge is -2.36. The molecule has 1 aliphatic rings. The zero-order valence-corrected chi connectivity index (χ0v) is 12.2. The van der Waals surface area contributed by atoms with Crippen LogP contribution in [0.2, 0.25) is 5.02 Å². The molecule has 2 rings (SSSR count). The summed E-state index contributed by atoms with van der Waals surface area (Å²) in [6.07, 6.45) is 4.26. The van der Waals surface area contributed by atoms with Gasteiger partial charge in [0.2, 0.25) is 0 Å². The van der Waals surface area contributed by atoms with Gasteiger partial charge in [0.05, 0.1) is 18.8 Å². The SMILES string of the molecule is COc1ccc(Cl)cc1C(NN)C1(OC)CCCC1. The van der Waals surface area contributed by atoms with Crippen molar-refractivity contribution in [3.8, 4) is 5.75 Å². The number of hydrazine groups is 1. The normalized spacial score (nSPS) is 19.4. The highest BCUT2D eigenvalue weighted by Gasteiger charge is 2.43. The lowest BCUT2D eigenvalue weighted by Crippen LogP contribution is -2.46. The Kier molecular flexibility index (Phi) is 4.68. The fourth-order valence-corrected chi connectivity index (χ4v) is 3.22. The first-order chi connectivity index (χ1) is 9.16. The van der Waals surface area contributed by atoms with Gasteiger partial charge in [-0.15, -0.1) is 0 Å². The highest BCUT2D eigenvalue weighted by molar-refractivity contribution is 6.30. The average Bonchev–Trinajstić information content (AvgIpc) is 2.90. The largest absolute Gasteiger partial charge is 0.496 e. The molecule has 0 heterocycles. The topological polar surface area (TPSA) is 56.5 Å². The third-order valence-corrected chi connectivity index (χ3v) is 4.29. The molecule has 0 aromatic heterocycles. The fourth-order valence-electron chi connectivity index (χ4n) is 3.04. The van der Waals surface area contributed by atoms with E-state index >= 15 is 0 Å². The van der Waals surface area contributed by atoms with Crippen LogP contribution in [0.1, 0.15) is 37.3 Å². The van der Waals surface area contributed by atoms with Gasteiger partial charge < -0.3 is 9.47 Å². The van der Waals surface area contributed by atoms with E-state index in [1.807, 2.05) is 18.2 Å². The van der Waals surface area contributed by atoms with Crippen molar-refractivity contribution in [2.45, 2.75) is 37.3 Å². The van der Waals surface area contributed by atoms with Crippen LogP contribution in [0.25, 0.3) is 0 Å². The molecule has 4 nitrogen and oxygen atoms in total. The number of nitrogens with one attached hydrogen (secondary N) is 1. The van der Waals surface area contributed by atoms with E-state index in [0.717, 1.165) is 37.0 Å². The van der Waals surface area contributed by atoms with Crippen LogP contribution in [0.15, 0.2) is 18.2 Å². The predicted molar refractivity (Wildman–Crippen MR) is 76.3 cm³/mol. The van der Waals surface area contributed by atoms with Gasteiger partial charge in [0.15, 0.2) is 0 Å². The molecule has 0 saturated heterocycles. The summed E-state index contributed by atoms with van der Waals surface area (Å²) in [5, 5.41) is 0.667. The van der Waals surface area contributed by atoms with E-state index in [2.05, 4.69) is 5.43 Å². The van der Waals surface area contributed by atoms with Crippen LogP contribution < -0.4 is 16.0 Å². The Hall–Kier alpha value is -0.810. The fraction of sp³-hybridized carbons (Fsp3) is 0.571. The van der Waals surface area contributed by atoms with Crippen molar-refractivity contribution in [1.82, 2.24) is 5.43 Å². The molecule has 1 fully saturated rings. The number of hydrogen-bond donors (Lipinski definition) is 2. The first-order valence-corrected chi connectivity index (χ1v) is 6.89. The van der Waals surface area contributed by atoms with Crippen molar-refractivity contribution in [2.75, 3.05) is 14.2 Å². The van der Waals surface area contributed by atoms with Crippen LogP contribution in [0.5, 0.6) is 5.75 Å². The predicted octanol–water partition coefficient (Wildman–Crippen LogP) is 2.81. The van der Waals surface area contributed by atoms with Gasteiger partial charge in [-0.2, -0.15) is 0 Å². The molecule has 0 amide bonds. The van der Waals surface area contributed by atoms with Gasteiger partial charge in [0, 0.05) is 17.7 Å². The molecule has 3 N–H and O–H groups in total. The summed E-state index contributed by atoms with van der Waals surface area (Å²) in [6.45, 7) is 0. The van der Waals surface area contributed by atoms with Crippen molar-refractivity contribution in [3.05, 3.63) is 28.8 Å². The van der Waals surface area contributed by atoms with E-state index in [1.165, 1.54) is 0 Å². The molecule has 5 heteroatoms. The van der Waals surface area contributed by atoms with E-state index in [-0.39, 0.29) is 11.6 Å². The van der Waals surface area contributed by atoms with Crippen LogP contribution in [0, 0.1) is 0 Å². The van der Waals surface area contributed by atoms with Crippen LogP contribution in [-0.4, -0.2) is 19.8 Å². The van der Waals surface area contributed by atoms with Crippen LogP contribution in [-0.2, 0) is 4.74 Å². The van der Waals surface area contributed by atoms with Crippen molar-refractivity contribution < 1.29 is 9.47 Å². The Balaban J connectivity index is 2.43. The zero-order chi connectivity index (χ0) is 13.9. The zero-order valence-electron chi connectivity index (χ0n) is 11.4. The molecule has 1 aromatic carbocycles. The molecule has 106 valence electrons. The first-order valence-electron chi connectivity index (χ1n) is 6.51. The minimum Gasteiger partial charge on any atom is -0.496 e. The molecule has 0 spiro atoms. The Morgan fingerprint density at radius 2 is 2.00 bits per heavy atom. The number of hydrogen-bond acceptors (Lipinski definition) is 4. The van der Waals surface area contributed by atoms with E-state index < -0.39 is 0 Å². The number of halogens is 1. The van der Waals surface area contributed by atoms with Crippen LogP contribution in [0.3, 0.4) is 0 Å². The third-order valence-electron chi connectivity index (χ3n) is 4.05. The van der Waals surface area contributed by atoms with Crippen LogP contribution in [0.4, 0.5) is 0 Å². The van der Waals surface area contributed by atoms with Gasteiger partial charge in [-0.1, -0.05) is 24.4 Å². The lowest BCUT2D eigenvalue weighted by atomic mass is 9.86. The first kappa shape index (κ1) is 14.6. The highest BCUT2D eigenvalue weighted by Crippen LogP contribution is 2.44. The quantitative estimate of drug-likeness (QED) is 0.645. The second kappa shape index (κ2) is 6.09. The smallest absolute Gasteiger partial charge is 0.123 e. The number of ether oxygens (including phenoxy) is 2. The molecular weight excluding hydrogens is 264 g/mol. The lowest BCUT2D eigenvalue weighted by molar-refractivity contribution is -0.0373. The maximum absolute atomic E-state index is 6.11. The highest BCUT2D eigenvalue weighted by atomic mass is 35.5. The summed E-state index contributed by atoms with van der Waals surface area (Å²) >= 11 is 6.11. The second-order valence-corrected chi connectivity index (χ2v) is 5.40. The molecule has 1 unspecified atom stereocenters. The van der Waals surface area contributed by atoms with E-state index in [9.17, 15) is 0 Å². The Morgan fingerprint density at radius 3 is 2.53 bits per heavy atom. The molecule has 0 aliphatic heterocycles. The second-order valence-electron chi connectivity index (χ2n) is 4.96. The van der Waals surface area contributed by atoms with E-state index in [4.69, 9.17) is 26.9 Å². The third kappa shape index (κ3) is 2.72. The molecule has 0 bridgehead atoms. The maximum atomic E-state index is 6.11. The van der Waals surface area contributed by atoms with Crippen LogP contribution >= 0.6 is 11.6 Å². The summed E-state index contributed by atoms with van der Waals surface area (Å²) in [7, 11) is 3.39. The number of nitrogens with two attached hydrogens (primary N) is 1. The maximum Gasteiger partial charge on any atom is 0.123 e. The Morgan fingerprint density at radius 1 is 1.32 bits per heavy atom. The molecule has 1 aliphatic carbocycles. The Labute approximate surface area is 119 Å². The van der Waals surface area contributed by atoms with Crippen molar-refractivity contribution in [1.29, 1.82) is 0 Å². The molecule has 1 aromatic rings. The van der Waals surface area contributed by atoms with Gasteiger partial charge in [0.25, 0.3) is 0 Å². The average molecular weight is 285 g/mol. The van der Waals surface area contributed by atoms with Gasteiger partial charge in [-0.25, -0.2) is 5.43 Å². The summed E-state index contributed by atoms with van der Waals surface area (Å²) in [4.78, 5) is 0. The number of rotatable bonds is 5. The molecule has 1 atom stereocenters. The standard InChI is InChI=1S/C14H21ClN2O2/c1-18-12-6-5-10(15)9-11(12)13(17-16)14(19-2)7-3-4-8-14/h5-6,9,13,17H,3-4,7-8,16H2,1-2H3. The summed E-state index contributed by atoms with van der Waals surface area (Å²) in [6, 6.07) is 5.43. The molecule has 1 saturated carbocycles. The van der Waals surface area contributed by atoms with E-state index in [0.29, 0.717) is 5.02 Å². The minimum atomic E-state index is -0.285. The number of benzene rings is 1. The summed E-state index contributed by atoms with van der Waals surface area (Å²) < 4.78 is 11.2. The number of methoxy groups -OCH3 is 2. The monoisotopic (exact) mass is 284 g/mol. The van der Waals surface area contributed by atoms with Crippen molar-refractivity contribution in [2.24, 2.45) is 5.84 Å². The summed E-state index contributed by atoms with van der Waals surface area (Å²) in [5.74, 6) is 6.56. The molecular formula is C14H21ClN2O2. The molecule has 0 radical (unpaired) electrons. The van der Waals surface area contributed by atoms with Gasteiger partial charge in [-0.05, 0) is 31.0 Å².